The first-order chi connectivity index (χ1) is 9.63. The maximum Gasteiger partial charge on any atom is 0.305 e. The number of nitrogen functional groups attached to an aromatic ring is 1. The van der Waals surface area contributed by atoms with Crippen molar-refractivity contribution in [2.45, 2.75) is 12.8 Å². The quantitative estimate of drug-likeness (QED) is 0.705. The van der Waals surface area contributed by atoms with Crippen LogP contribution >= 0.6 is 0 Å². The van der Waals surface area contributed by atoms with E-state index in [0.717, 1.165) is 17.8 Å². The molecule has 4 nitrogen and oxygen atoms in total. The van der Waals surface area contributed by atoms with Crippen molar-refractivity contribution in [3.63, 3.8) is 0 Å². The molecule has 4 N–H and O–H groups in total. The highest BCUT2D eigenvalue weighted by Gasteiger charge is 1.99. The Morgan fingerprint density at radius 1 is 1.00 bits per heavy atom. The molecule has 0 bridgehead atoms. The van der Waals surface area contributed by atoms with Gasteiger partial charge in [0.05, 0.1) is 6.42 Å². The van der Waals surface area contributed by atoms with Crippen LogP contribution in [0.5, 0.6) is 0 Å². The number of hydrogen-bond donors (Lipinski definition) is 3. The van der Waals surface area contributed by atoms with Crippen molar-refractivity contribution in [1.29, 1.82) is 0 Å². The first-order valence-electron chi connectivity index (χ1n) is 6.52. The summed E-state index contributed by atoms with van der Waals surface area (Å²) in [5.74, 6) is -0.794. The summed E-state index contributed by atoms with van der Waals surface area (Å²) in [5, 5.41) is 11.6. The van der Waals surface area contributed by atoms with Crippen LogP contribution in [0.15, 0.2) is 48.5 Å². The van der Waals surface area contributed by atoms with Gasteiger partial charge in [-0.05, 0) is 41.8 Å². The van der Waals surface area contributed by atoms with E-state index in [1.54, 1.807) is 0 Å². The van der Waals surface area contributed by atoms with E-state index in [0.29, 0.717) is 6.54 Å². The number of hydrogen-bond acceptors (Lipinski definition) is 3. The van der Waals surface area contributed by atoms with Gasteiger partial charge in [-0.15, -0.1) is 0 Å². The molecule has 0 unspecified atom stereocenters. The van der Waals surface area contributed by atoms with Crippen LogP contribution in [0.3, 0.4) is 0 Å². The van der Waals surface area contributed by atoms with Crippen molar-refractivity contribution < 1.29 is 9.90 Å². The van der Waals surface area contributed by atoms with Crippen molar-refractivity contribution in [3.05, 3.63) is 59.7 Å². The summed E-state index contributed by atoms with van der Waals surface area (Å²) in [6.07, 6.45) is 0.975. The summed E-state index contributed by atoms with van der Waals surface area (Å²) in [4.78, 5) is 10.4. The van der Waals surface area contributed by atoms with Gasteiger partial charge < -0.3 is 16.2 Å². The van der Waals surface area contributed by atoms with Gasteiger partial charge in [0, 0.05) is 17.9 Å². The van der Waals surface area contributed by atoms with Gasteiger partial charge in [0.15, 0.2) is 0 Å². The molecule has 2 aromatic rings. The normalized spacial score (nSPS) is 10.2. The van der Waals surface area contributed by atoms with E-state index in [2.05, 4.69) is 5.32 Å². The first-order valence-corrected chi connectivity index (χ1v) is 6.52. The third-order valence-electron chi connectivity index (χ3n) is 3.01. The van der Waals surface area contributed by atoms with E-state index < -0.39 is 5.97 Å². The van der Waals surface area contributed by atoms with Gasteiger partial charge >= 0.3 is 5.97 Å². The SMILES string of the molecule is Nc1ccc(Cc2ccc(NCCC(=O)O)cc2)cc1. The number of carboxylic acids is 1. The summed E-state index contributed by atoms with van der Waals surface area (Å²) < 4.78 is 0. The molecule has 0 heterocycles. The van der Waals surface area contributed by atoms with E-state index in [9.17, 15) is 4.79 Å². The van der Waals surface area contributed by atoms with Crippen molar-refractivity contribution in [2.24, 2.45) is 0 Å². The molecule has 20 heavy (non-hydrogen) atoms. The minimum absolute atomic E-state index is 0.118. The van der Waals surface area contributed by atoms with Crippen LogP contribution < -0.4 is 11.1 Å². The molecule has 0 fully saturated rings. The lowest BCUT2D eigenvalue weighted by Crippen LogP contribution is -2.07. The Labute approximate surface area is 118 Å². The second-order valence-electron chi connectivity index (χ2n) is 4.69. The van der Waals surface area contributed by atoms with Crippen LogP contribution in [-0.2, 0) is 11.2 Å². The van der Waals surface area contributed by atoms with Crippen molar-refractivity contribution in [2.75, 3.05) is 17.6 Å². The maximum absolute atomic E-state index is 10.4. The smallest absolute Gasteiger partial charge is 0.305 e. The molecule has 0 atom stereocenters. The van der Waals surface area contributed by atoms with Gasteiger partial charge in [-0.3, -0.25) is 4.79 Å². The fourth-order valence-corrected chi connectivity index (χ4v) is 1.93. The summed E-state index contributed by atoms with van der Waals surface area (Å²) in [7, 11) is 0. The Morgan fingerprint density at radius 2 is 1.55 bits per heavy atom. The highest BCUT2D eigenvalue weighted by atomic mass is 16.4. The van der Waals surface area contributed by atoms with E-state index >= 15 is 0 Å². The molecule has 0 radical (unpaired) electrons. The lowest BCUT2D eigenvalue weighted by Gasteiger charge is -2.07. The van der Waals surface area contributed by atoms with Gasteiger partial charge in [0.2, 0.25) is 0 Å². The maximum atomic E-state index is 10.4. The standard InChI is InChI=1S/C16H18N2O2/c17-14-5-1-12(2-6-14)11-13-3-7-15(8-4-13)18-10-9-16(19)20/h1-8,18H,9-11,17H2,(H,19,20). The van der Waals surface area contributed by atoms with Gasteiger partial charge in [0.1, 0.15) is 0 Å². The summed E-state index contributed by atoms with van der Waals surface area (Å²) in [6.45, 7) is 0.437. The fraction of sp³-hybridized carbons (Fsp3) is 0.188. The molecule has 0 aliphatic rings. The number of aliphatic carboxylic acids is 1. The molecule has 0 aliphatic carbocycles. The Balaban J connectivity index is 1.91. The highest BCUT2D eigenvalue weighted by Crippen LogP contribution is 2.14. The molecule has 0 spiro atoms. The average molecular weight is 270 g/mol. The number of anilines is 2. The largest absolute Gasteiger partial charge is 0.481 e. The number of rotatable bonds is 6. The van der Waals surface area contributed by atoms with E-state index in [1.165, 1.54) is 11.1 Å². The predicted octanol–water partition coefficient (Wildman–Crippen LogP) is 2.75. The molecule has 2 aromatic carbocycles. The van der Waals surface area contributed by atoms with Gasteiger partial charge in [0.25, 0.3) is 0 Å². The lowest BCUT2D eigenvalue weighted by molar-refractivity contribution is -0.136. The van der Waals surface area contributed by atoms with Crippen molar-refractivity contribution >= 4 is 17.3 Å². The van der Waals surface area contributed by atoms with E-state index in [4.69, 9.17) is 10.8 Å². The van der Waals surface area contributed by atoms with E-state index in [1.807, 2.05) is 48.5 Å². The van der Waals surface area contributed by atoms with Crippen molar-refractivity contribution in [1.82, 2.24) is 0 Å². The van der Waals surface area contributed by atoms with Crippen LogP contribution in [-0.4, -0.2) is 17.6 Å². The number of carbonyl (C=O) groups is 1. The average Bonchev–Trinajstić information content (AvgIpc) is 2.43. The highest BCUT2D eigenvalue weighted by molar-refractivity contribution is 5.67. The molecule has 0 aromatic heterocycles. The number of carboxylic acid groups (broad SMARTS) is 1. The monoisotopic (exact) mass is 270 g/mol. The van der Waals surface area contributed by atoms with E-state index in [-0.39, 0.29) is 6.42 Å². The van der Waals surface area contributed by atoms with Gasteiger partial charge in [-0.25, -0.2) is 0 Å². The van der Waals surface area contributed by atoms with Crippen LogP contribution in [0.25, 0.3) is 0 Å². The first kappa shape index (κ1) is 13.9. The molecular formula is C16H18N2O2. The fourth-order valence-electron chi connectivity index (χ4n) is 1.93. The van der Waals surface area contributed by atoms with Crippen LogP contribution in [0, 0.1) is 0 Å². The summed E-state index contributed by atoms with van der Waals surface area (Å²) in [6, 6.07) is 15.9. The molecular weight excluding hydrogens is 252 g/mol. The minimum Gasteiger partial charge on any atom is -0.481 e. The minimum atomic E-state index is -0.794. The van der Waals surface area contributed by atoms with Gasteiger partial charge in [-0.1, -0.05) is 24.3 Å². The zero-order chi connectivity index (χ0) is 14.4. The molecule has 104 valence electrons. The third kappa shape index (κ3) is 4.31. The Morgan fingerprint density at radius 3 is 2.10 bits per heavy atom. The molecule has 2 rings (SSSR count). The zero-order valence-corrected chi connectivity index (χ0v) is 11.2. The molecule has 4 heteroatoms. The topological polar surface area (TPSA) is 75.3 Å². The Kier molecular flexibility index (Phi) is 4.60. The molecule has 0 saturated heterocycles. The Hall–Kier alpha value is -2.49. The number of nitrogens with two attached hydrogens (primary N) is 1. The van der Waals surface area contributed by atoms with Crippen molar-refractivity contribution in [3.8, 4) is 0 Å². The molecule has 0 saturated carbocycles. The third-order valence-corrected chi connectivity index (χ3v) is 3.01. The second kappa shape index (κ2) is 6.61. The van der Waals surface area contributed by atoms with Crippen LogP contribution in [0.1, 0.15) is 17.5 Å². The Bertz CT molecular complexity index is 562. The lowest BCUT2D eigenvalue weighted by atomic mass is 10.0. The summed E-state index contributed by atoms with van der Waals surface area (Å²) >= 11 is 0. The zero-order valence-electron chi connectivity index (χ0n) is 11.2. The van der Waals surface area contributed by atoms with Gasteiger partial charge in [-0.2, -0.15) is 0 Å². The number of nitrogens with one attached hydrogen (secondary N) is 1. The molecule has 0 amide bonds. The van der Waals surface area contributed by atoms with Crippen LogP contribution in [0.2, 0.25) is 0 Å². The van der Waals surface area contributed by atoms with Crippen LogP contribution in [0.4, 0.5) is 11.4 Å². The predicted molar refractivity (Wildman–Crippen MR) is 80.8 cm³/mol. The number of benzene rings is 2. The second-order valence-corrected chi connectivity index (χ2v) is 4.69. The molecule has 0 aliphatic heterocycles. The summed E-state index contributed by atoms with van der Waals surface area (Å²) in [5.41, 5.74) is 9.79.